The summed E-state index contributed by atoms with van der Waals surface area (Å²) in [5, 5.41) is 0. The van der Waals surface area contributed by atoms with Gasteiger partial charge in [-0.15, -0.1) is 0 Å². The molecule has 1 atom stereocenters. The normalized spacial score (nSPS) is 11.6. The molecule has 0 aromatic heterocycles. The van der Waals surface area contributed by atoms with Crippen molar-refractivity contribution in [3.63, 3.8) is 0 Å². The van der Waals surface area contributed by atoms with E-state index in [2.05, 4.69) is 6.58 Å². The fraction of sp³-hybridized carbons (Fsp3) is 0.211. The van der Waals surface area contributed by atoms with Crippen LogP contribution in [0.15, 0.2) is 66.7 Å². The molecule has 0 aliphatic carbocycles. The lowest BCUT2D eigenvalue weighted by Gasteiger charge is -2.20. The molecule has 0 amide bonds. The van der Waals surface area contributed by atoms with E-state index < -0.39 is 12.1 Å². The number of hydrogen-bond donors (Lipinski definition) is 0. The third-order valence-electron chi connectivity index (χ3n) is 3.44. The van der Waals surface area contributed by atoms with Crippen molar-refractivity contribution in [2.75, 3.05) is 14.2 Å². The third kappa shape index (κ3) is 4.44. The van der Waals surface area contributed by atoms with Crippen molar-refractivity contribution in [3.8, 4) is 5.75 Å². The highest BCUT2D eigenvalue weighted by atomic mass is 16.5. The van der Waals surface area contributed by atoms with E-state index in [0.29, 0.717) is 6.61 Å². The predicted octanol–water partition coefficient (Wildman–Crippen LogP) is 3.68. The first-order chi connectivity index (χ1) is 11.2. The maximum Gasteiger partial charge on any atom is 0.336 e. The summed E-state index contributed by atoms with van der Waals surface area (Å²) >= 11 is 0. The van der Waals surface area contributed by atoms with Gasteiger partial charge < -0.3 is 14.2 Å². The summed E-state index contributed by atoms with van der Waals surface area (Å²) in [4.78, 5) is 11.8. The zero-order valence-corrected chi connectivity index (χ0v) is 13.3. The van der Waals surface area contributed by atoms with Gasteiger partial charge in [0.25, 0.3) is 0 Å². The second-order valence-corrected chi connectivity index (χ2v) is 4.97. The van der Waals surface area contributed by atoms with Crippen molar-refractivity contribution < 1.29 is 19.0 Å². The number of esters is 1. The van der Waals surface area contributed by atoms with E-state index in [1.165, 1.54) is 7.11 Å². The standard InChI is InChI=1S/C19H20O4/c1-14(19(20)22-3)18(16-9-11-17(21-2)12-10-16)23-13-15-7-5-4-6-8-15/h4-12,18H,1,13H2,2-3H3. The van der Waals surface area contributed by atoms with E-state index in [9.17, 15) is 4.79 Å². The van der Waals surface area contributed by atoms with Crippen LogP contribution in [0, 0.1) is 0 Å². The monoisotopic (exact) mass is 312 g/mol. The van der Waals surface area contributed by atoms with Crippen LogP contribution in [0.3, 0.4) is 0 Å². The highest BCUT2D eigenvalue weighted by Gasteiger charge is 2.22. The highest BCUT2D eigenvalue weighted by Crippen LogP contribution is 2.28. The molecule has 0 heterocycles. The number of benzene rings is 2. The third-order valence-corrected chi connectivity index (χ3v) is 3.44. The van der Waals surface area contributed by atoms with Gasteiger partial charge in [0, 0.05) is 0 Å². The fourth-order valence-electron chi connectivity index (χ4n) is 2.17. The SMILES string of the molecule is C=C(C(=O)OC)C(OCc1ccccc1)c1ccc(OC)cc1. The first-order valence-electron chi connectivity index (χ1n) is 7.22. The van der Waals surface area contributed by atoms with Gasteiger partial charge in [-0.25, -0.2) is 4.79 Å². The molecule has 0 spiro atoms. The molecule has 2 aromatic rings. The lowest BCUT2D eigenvalue weighted by Crippen LogP contribution is -2.15. The average molecular weight is 312 g/mol. The van der Waals surface area contributed by atoms with Gasteiger partial charge in [-0.05, 0) is 23.3 Å². The minimum absolute atomic E-state index is 0.258. The maximum atomic E-state index is 11.8. The van der Waals surface area contributed by atoms with Crippen molar-refractivity contribution in [2.24, 2.45) is 0 Å². The number of rotatable bonds is 7. The molecular formula is C19H20O4. The predicted molar refractivity (Wildman–Crippen MR) is 88.1 cm³/mol. The minimum Gasteiger partial charge on any atom is -0.497 e. The first kappa shape index (κ1) is 16.8. The van der Waals surface area contributed by atoms with Gasteiger partial charge in [-0.2, -0.15) is 0 Å². The topological polar surface area (TPSA) is 44.8 Å². The Kier molecular flexibility index (Phi) is 5.94. The molecule has 0 saturated carbocycles. The molecule has 0 aliphatic heterocycles. The summed E-state index contributed by atoms with van der Waals surface area (Å²) in [6.07, 6.45) is -0.575. The Balaban J connectivity index is 2.20. The van der Waals surface area contributed by atoms with Gasteiger partial charge in [-0.1, -0.05) is 49.0 Å². The zero-order chi connectivity index (χ0) is 16.7. The highest BCUT2D eigenvalue weighted by molar-refractivity contribution is 5.89. The summed E-state index contributed by atoms with van der Waals surface area (Å²) < 4.78 is 15.9. The van der Waals surface area contributed by atoms with Gasteiger partial charge in [0.15, 0.2) is 0 Å². The Hall–Kier alpha value is -2.59. The lowest BCUT2D eigenvalue weighted by molar-refractivity contribution is -0.137. The van der Waals surface area contributed by atoms with Gasteiger partial charge in [0.2, 0.25) is 0 Å². The van der Waals surface area contributed by atoms with Crippen LogP contribution in [0.5, 0.6) is 5.75 Å². The van der Waals surface area contributed by atoms with Crippen molar-refractivity contribution in [1.82, 2.24) is 0 Å². The molecule has 120 valence electrons. The maximum absolute atomic E-state index is 11.8. The van der Waals surface area contributed by atoms with Crippen LogP contribution in [0.1, 0.15) is 17.2 Å². The molecule has 0 saturated heterocycles. The number of hydrogen-bond acceptors (Lipinski definition) is 4. The number of methoxy groups -OCH3 is 2. The van der Waals surface area contributed by atoms with Crippen LogP contribution in [-0.2, 0) is 20.9 Å². The molecular weight excluding hydrogens is 292 g/mol. The molecule has 2 rings (SSSR count). The van der Waals surface area contributed by atoms with Crippen molar-refractivity contribution in [1.29, 1.82) is 0 Å². The lowest BCUT2D eigenvalue weighted by atomic mass is 10.0. The van der Waals surface area contributed by atoms with E-state index in [1.807, 2.05) is 54.6 Å². The molecule has 4 heteroatoms. The summed E-state index contributed by atoms with van der Waals surface area (Å²) in [7, 11) is 2.93. The minimum atomic E-state index is -0.575. The van der Waals surface area contributed by atoms with Gasteiger partial charge in [0.05, 0.1) is 26.4 Å². The molecule has 0 radical (unpaired) electrons. The first-order valence-corrected chi connectivity index (χ1v) is 7.22. The summed E-state index contributed by atoms with van der Waals surface area (Å²) in [6.45, 7) is 4.19. The Labute approximate surface area is 136 Å². The summed E-state index contributed by atoms with van der Waals surface area (Å²) in [5.41, 5.74) is 2.09. The van der Waals surface area contributed by atoms with Crippen LogP contribution < -0.4 is 4.74 Å². The molecule has 0 bridgehead atoms. The van der Waals surface area contributed by atoms with Crippen LogP contribution >= 0.6 is 0 Å². The number of carbonyl (C=O) groups is 1. The second kappa shape index (κ2) is 8.15. The molecule has 4 nitrogen and oxygen atoms in total. The van der Waals surface area contributed by atoms with Gasteiger partial charge >= 0.3 is 5.97 Å². The van der Waals surface area contributed by atoms with Crippen molar-refractivity contribution >= 4 is 5.97 Å². The largest absolute Gasteiger partial charge is 0.497 e. The molecule has 0 fully saturated rings. The Morgan fingerprint density at radius 1 is 1.04 bits per heavy atom. The summed E-state index contributed by atoms with van der Waals surface area (Å²) in [5.74, 6) is 0.248. The number of carbonyl (C=O) groups excluding carboxylic acids is 1. The van der Waals surface area contributed by atoms with Crippen LogP contribution in [0.25, 0.3) is 0 Å². The smallest absolute Gasteiger partial charge is 0.336 e. The fourth-order valence-corrected chi connectivity index (χ4v) is 2.17. The molecule has 1 unspecified atom stereocenters. The number of ether oxygens (including phenoxy) is 3. The van der Waals surface area contributed by atoms with Crippen LogP contribution in [0.4, 0.5) is 0 Å². The molecule has 2 aromatic carbocycles. The van der Waals surface area contributed by atoms with Gasteiger partial charge in [0.1, 0.15) is 11.9 Å². The van der Waals surface area contributed by atoms with Crippen molar-refractivity contribution in [2.45, 2.75) is 12.7 Å². The van der Waals surface area contributed by atoms with Gasteiger partial charge in [-0.3, -0.25) is 0 Å². The second-order valence-electron chi connectivity index (χ2n) is 4.97. The van der Waals surface area contributed by atoms with E-state index in [4.69, 9.17) is 14.2 Å². The molecule has 0 aliphatic rings. The Morgan fingerprint density at radius 3 is 2.26 bits per heavy atom. The van der Waals surface area contributed by atoms with Crippen molar-refractivity contribution in [3.05, 3.63) is 77.9 Å². The Bertz CT molecular complexity index is 647. The molecule has 0 N–H and O–H groups in total. The average Bonchev–Trinajstić information content (AvgIpc) is 2.62. The zero-order valence-electron chi connectivity index (χ0n) is 13.3. The van der Waals surface area contributed by atoms with E-state index in [0.717, 1.165) is 16.9 Å². The molecule has 23 heavy (non-hydrogen) atoms. The van der Waals surface area contributed by atoms with Crippen LogP contribution in [0.2, 0.25) is 0 Å². The summed E-state index contributed by atoms with van der Waals surface area (Å²) in [6, 6.07) is 17.1. The quantitative estimate of drug-likeness (QED) is 0.578. The van der Waals surface area contributed by atoms with E-state index in [-0.39, 0.29) is 5.57 Å². The van der Waals surface area contributed by atoms with Crippen LogP contribution in [-0.4, -0.2) is 20.2 Å². The Morgan fingerprint density at radius 2 is 1.70 bits per heavy atom. The van der Waals surface area contributed by atoms with E-state index in [1.54, 1.807) is 7.11 Å². The van der Waals surface area contributed by atoms with E-state index >= 15 is 0 Å².